The predicted molar refractivity (Wildman–Crippen MR) is 102 cm³/mol. The third kappa shape index (κ3) is 4.71. The number of methoxy groups -OCH3 is 1. The summed E-state index contributed by atoms with van der Waals surface area (Å²) in [6.07, 6.45) is 2.88. The first-order valence-corrected chi connectivity index (χ1v) is 9.22. The number of rotatable bonds is 8. The van der Waals surface area contributed by atoms with E-state index in [4.69, 9.17) is 4.74 Å². The second-order valence-electron chi connectivity index (χ2n) is 6.73. The number of hydrogen-bond donors (Lipinski definition) is 0. The molecule has 1 aromatic heterocycles. The van der Waals surface area contributed by atoms with Gasteiger partial charge in [0.15, 0.2) is 11.0 Å². The molecule has 0 aliphatic rings. The maximum atomic E-state index is 5.10. The van der Waals surface area contributed by atoms with Crippen LogP contribution in [0.25, 0.3) is 11.4 Å². The molecule has 130 valence electrons. The molecule has 0 N–H and O–H groups in total. The van der Waals surface area contributed by atoms with Crippen molar-refractivity contribution in [1.82, 2.24) is 14.8 Å². The molecule has 0 aliphatic carbocycles. The number of aromatic nitrogens is 3. The first-order chi connectivity index (χ1) is 11.5. The van der Waals surface area contributed by atoms with Crippen LogP contribution >= 0.6 is 11.8 Å². The fourth-order valence-corrected chi connectivity index (χ4v) is 3.25. The standard InChI is InChI=1S/C19H27N3OS/c1-6-12-22-17(20-21-18(22)24-14-7-13-23-5)15-8-10-16(11-9-15)19(2,3)4/h6,8-11H,1,7,12-14H2,2-5H3. The average Bonchev–Trinajstić information content (AvgIpc) is 2.94. The topological polar surface area (TPSA) is 39.9 Å². The molecule has 0 aliphatic heterocycles. The summed E-state index contributed by atoms with van der Waals surface area (Å²) in [4.78, 5) is 0. The molecule has 0 saturated heterocycles. The highest BCUT2D eigenvalue weighted by atomic mass is 32.2. The normalized spacial score (nSPS) is 11.7. The monoisotopic (exact) mass is 345 g/mol. The summed E-state index contributed by atoms with van der Waals surface area (Å²) in [5.41, 5.74) is 2.55. The van der Waals surface area contributed by atoms with Gasteiger partial charge in [-0.2, -0.15) is 0 Å². The van der Waals surface area contributed by atoms with E-state index in [-0.39, 0.29) is 5.41 Å². The number of allylic oxidation sites excluding steroid dienone is 1. The van der Waals surface area contributed by atoms with Gasteiger partial charge in [-0.3, -0.25) is 4.57 Å². The number of hydrogen-bond acceptors (Lipinski definition) is 4. The number of nitrogens with zero attached hydrogens (tertiary/aromatic N) is 3. The Morgan fingerprint density at radius 2 is 1.92 bits per heavy atom. The van der Waals surface area contributed by atoms with E-state index in [1.54, 1.807) is 18.9 Å². The highest BCUT2D eigenvalue weighted by Crippen LogP contribution is 2.27. The first kappa shape index (κ1) is 18.7. The zero-order valence-corrected chi connectivity index (χ0v) is 15.9. The second kappa shape index (κ2) is 8.49. The molecule has 0 bridgehead atoms. The Hall–Kier alpha value is -1.59. The Morgan fingerprint density at radius 3 is 2.50 bits per heavy atom. The Balaban J connectivity index is 2.23. The molecule has 0 unspecified atom stereocenters. The van der Waals surface area contributed by atoms with Crippen LogP contribution < -0.4 is 0 Å². The SMILES string of the molecule is C=CCn1c(SCCCOC)nnc1-c1ccc(C(C)(C)C)cc1. The number of benzene rings is 1. The van der Waals surface area contributed by atoms with Crippen molar-refractivity contribution in [3.8, 4) is 11.4 Å². The van der Waals surface area contributed by atoms with E-state index in [1.807, 2.05) is 6.08 Å². The fraction of sp³-hybridized carbons (Fsp3) is 0.474. The molecule has 0 spiro atoms. The highest BCUT2D eigenvalue weighted by molar-refractivity contribution is 7.99. The average molecular weight is 346 g/mol. The third-order valence-electron chi connectivity index (χ3n) is 3.76. The van der Waals surface area contributed by atoms with Crippen LogP contribution in [0.2, 0.25) is 0 Å². The van der Waals surface area contributed by atoms with Gasteiger partial charge in [-0.15, -0.1) is 16.8 Å². The summed E-state index contributed by atoms with van der Waals surface area (Å²) >= 11 is 1.71. The minimum Gasteiger partial charge on any atom is -0.385 e. The van der Waals surface area contributed by atoms with Gasteiger partial charge in [-0.1, -0.05) is 62.9 Å². The molecule has 1 heterocycles. The summed E-state index contributed by atoms with van der Waals surface area (Å²) in [6.45, 7) is 12.0. The van der Waals surface area contributed by atoms with E-state index < -0.39 is 0 Å². The fourth-order valence-electron chi connectivity index (χ4n) is 2.39. The second-order valence-corrected chi connectivity index (χ2v) is 7.79. The van der Waals surface area contributed by atoms with E-state index in [2.05, 4.69) is 66.4 Å². The molecule has 0 amide bonds. The quantitative estimate of drug-likeness (QED) is 0.399. The minimum atomic E-state index is 0.148. The van der Waals surface area contributed by atoms with Crippen molar-refractivity contribution < 1.29 is 4.74 Å². The zero-order valence-electron chi connectivity index (χ0n) is 15.1. The lowest BCUT2D eigenvalue weighted by molar-refractivity contribution is 0.200. The van der Waals surface area contributed by atoms with Crippen molar-refractivity contribution >= 4 is 11.8 Å². The van der Waals surface area contributed by atoms with E-state index in [0.717, 1.165) is 35.3 Å². The summed E-state index contributed by atoms with van der Waals surface area (Å²) < 4.78 is 7.22. The number of ether oxygens (including phenoxy) is 1. The van der Waals surface area contributed by atoms with Crippen LogP contribution in [0.5, 0.6) is 0 Å². The minimum absolute atomic E-state index is 0.148. The Morgan fingerprint density at radius 1 is 1.21 bits per heavy atom. The maximum Gasteiger partial charge on any atom is 0.191 e. The van der Waals surface area contributed by atoms with Crippen molar-refractivity contribution in [2.45, 2.75) is 44.3 Å². The van der Waals surface area contributed by atoms with E-state index in [0.29, 0.717) is 6.54 Å². The van der Waals surface area contributed by atoms with E-state index in [1.165, 1.54) is 5.56 Å². The molecule has 0 radical (unpaired) electrons. The molecule has 0 atom stereocenters. The highest BCUT2D eigenvalue weighted by Gasteiger charge is 2.16. The van der Waals surface area contributed by atoms with Crippen LogP contribution in [0.3, 0.4) is 0 Å². The van der Waals surface area contributed by atoms with Crippen LogP contribution in [0, 0.1) is 0 Å². The molecular weight excluding hydrogens is 318 g/mol. The maximum absolute atomic E-state index is 5.10. The van der Waals surface area contributed by atoms with Crippen molar-refractivity contribution in [3.63, 3.8) is 0 Å². The molecule has 24 heavy (non-hydrogen) atoms. The predicted octanol–water partition coefficient (Wildman–Crippen LogP) is 4.56. The van der Waals surface area contributed by atoms with Gasteiger partial charge in [0.2, 0.25) is 0 Å². The molecule has 2 aromatic rings. The van der Waals surface area contributed by atoms with Gasteiger partial charge in [-0.05, 0) is 17.4 Å². The van der Waals surface area contributed by atoms with Gasteiger partial charge in [0.1, 0.15) is 0 Å². The van der Waals surface area contributed by atoms with E-state index in [9.17, 15) is 0 Å². The van der Waals surface area contributed by atoms with Gasteiger partial charge in [0, 0.05) is 31.6 Å². The van der Waals surface area contributed by atoms with Crippen molar-refractivity contribution in [2.24, 2.45) is 0 Å². The zero-order chi connectivity index (χ0) is 17.6. The molecule has 5 heteroatoms. The van der Waals surface area contributed by atoms with Crippen molar-refractivity contribution in [1.29, 1.82) is 0 Å². The van der Waals surface area contributed by atoms with Crippen molar-refractivity contribution in [3.05, 3.63) is 42.5 Å². The summed E-state index contributed by atoms with van der Waals surface area (Å²) in [7, 11) is 1.73. The van der Waals surface area contributed by atoms with Crippen LogP contribution in [0.1, 0.15) is 32.8 Å². The molecule has 1 aromatic carbocycles. The molecule has 0 fully saturated rings. The van der Waals surface area contributed by atoms with Gasteiger partial charge in [0.05, 0.1) is 0 Å². The van der Waals surface area contributed by atoms with Gasteiger partial charge in [-0.25, -0.2) is 0 Å². The molecule has 4 nitrogen and oxygen atoms in total. The first-order valence-electron chi connectivity index (χ1n) is 8.24. The van der Waals surface area contributed by atoms with E-state index >= 15 is 0 Å². The van der Waals surface area contributed by atoms with Crippen molar-refractivity contribution in [2.75, 3.05) is 19.5 Å². The van der Waals surface area contributed by atoms with Crippen LogP contribution in [-0.2, 0) is 16.7 Å². The smallest absolute Gasteiger partial charge is 0.191 e. The Bertz CT molecular complexity index is 656. The Kier molecular flexibility index (Phi) is 6.63. The lowest BCUT2D eigenvalue weighted by Gasteiger charge is -2.19. The van der Waals surface area contributed by atoms with Gasteiger partial charge < -0.3 is 4.74 Å². The van der Waals surface area contributed by atoms with Crippen LogP contribution in [0.4, 0.5) is 0 Å². The summed E-state index contributed by atoms with van der Waals surface area (Å²) in [5.74, 6) is 1.86. The summed E-state index contributed by atoms with van der Waals surface area (Å²) in [6, 6.07) is 8.61. The van der Waals surface area contributed by atoms with Gasteiger partial charge in [0.25, 0.3) is 0 Å². The summed E-state index contributed by atoms with van der Waals surface area (Å²) in [5, 5.41) is 9.71. The molecule has 0 saturated carbocycles. The largest absolute Gasteiger partial charge is 0.385 e. The van der Waals surface area contributed by atoms with Crippen LogP contribution in [-0.4, -0.2) is 34.2 Å². The third-order valence-corrected chi connectivity index (χ3v) is 4.81. The molecule has 2 rings (SSSR count). The number of thioether (sulfide) groups is 1. The lowest BCUT2D eigenvalue weighted by Crippen LogP contribution is -2.10. The van der Waals surface area contributed by atoms with Crippen LogP contribution in [0.15, 0.2) is 42.1 Å². The van der Waals surface area contributed by atoms with Gasteiger partial charge >= 0.3 is 0 Å². The molecular formula is C19H27N3OS. The lowest BCUT2D eigenvalue weighted by atomic mass is 9.87. The Labute approximate surface area is 149 Å².